The summed E-state index contributed by atoms with van der Waals surface area (Å²) >= 11 is 0. The van der Waals surface area contributed by atoms with Crippen LogP contribution in [0.2, 0.25) is 0 Å². The van der Waals surface area contributed by atoms with E-state index in [1.165, 1.54) is 37.6 Å². The summed E-state index contributed by atoms with van der Waals surface area (Å²) in [6.07, 6.45) is -3.22. The standard InChI is InChI=1S/C22H18F3N3O4S/c1-32-19-10-8-15(9-11-19)14-26-27-21(29)16-4-2-7-20(12-16)33(30,31)28-18-6-3-5-17(13-18)22(23,24)25/h2-14,28H,1H3,(H,27,29)/b26-14+. The maximum absolute atomic E-state index is 12.9. The van der Waals surface area contributed by atoms with Crippen molar-refractivity contribution in [2.75, 3.05) is 11.8 Å². The van der Waals surface area contributed by atoms with Crippen LogP contribution < -0.4 is 14.9 Å². The van der Waals surface area contributed by atoms with Gasteiger partial charge in [-0.1, -0.05) is 12.1 Å². The molecule has 0 saturated heterocycles. The number of sulfonamides is 1. The van der Waals surface area contributed by atoms with Gasteiger partial charge in [-0.15, -0.1) is 0 Å². The van der Waals surface area contributed by atoms with Gasteiger partial charge < -0.3 is 4.74 Å². The van der Waals surface area contributed by atoms with E-state index in [-0.39, 0.29) is 16.1 Å². The Kier molecular flexibility index (Phi) is 7.02. The Labute approximate surface area is 188 Å². The average Bonchev–Trinajstić information content (AvgIpc) is 2.79. The third kappa shape index (κ3) is 6.32. The minimum absolute atomic E-state index is 0.00574. The fourth-order valence-corrected chi connectivity index (χ4v) is 3.79. The summed E-state index contributed by atoms with van der Waals surface area (Å²) in [7, 11) is -2.71. The molecule has 3 rings (SSSR count). The lowest BCUT2D eigenvalue weighted by Gasteiger charge is -2.12. The molecule has 0 spiro atoms. The number of halogens is 3. The zero-order valence-electron chi connectivity index (χ0n) is 17.1. The molecule has 0 aliphatic heterocycles. The Morgan fingerprint density at radius 1 is 1.00 bits per heavy atom. The number of amides is 1. The summed E-state index contributed by atoms with van der Waals surface area (Å²) in [6.45, 7) is 0. The van der Waals surface area contributed by atoms with Gasteiger partial charge in [-0.2, -0.15) is 18.3 Å². The number of anilines is 1. The summed E-state index contributed by atoms with van der Waals surface area (Å²) < 4.78 is 71.0. The molecule has 33 heavy (non-hydrogen) atoms. The van der Waals surface area contributed by atoms with E-state index in [0.717, 1.165) is 18.2 Å². The van der Waals surface area contributed by atoms with Crippen molar-refractivity contribution in [1.29, 1.82) is 0 Å². The topological polar surface area (TPSA) is 96.9 Å². The Bertz CT molecular complexity index is 1270. The number of carbonyl (C=O) groups is 1. The molecule has 0 fully saturated rings. The third-order valence-electron chi connectivity index (χ3n) is 4.34. The van der Waals surface area contributed by atoms with Crippen molar-refractivity contribution in [1.82, 2.24) is 5.43 Å². The lowest BCUT2D eigenvalue weighted by Crippen LogP contribution is -2.19. The van der Waals surface area contributed by atoms with E-state index in [1.54, 1.807) is 24.3 Å². The molecule has 3 aromatic rings. The summed E-state index contributed by atoms with van der Waals surface area (Å²) in [5, 5.41) is 3.83. The number of carbonyl (C=O) groups excluding carboxylic acids is 1. The second-order valence-corrected chi connectivity index (χ2v) is 8.37. The molecule has 3 aromatic carbocycles. The van der Waals surface area contributed by atoms with Crippen LogP contribution in [0.4, 0.5) is 18.9 Å². The van der Waals surface area contributed by atoms with Gasteiger partial charge in [0.25, 0.3) is 15.9 Å². The number of ether oxygens (including phenoxy) is 1. The third-order valence-corrected chi connectivity index (χ3v) is 5.72. The van der Waals surface area contributed by atoms with Gasteiger partial charge in [0.15, 0.2) is 0 Å². The van der Waals surface area contributed by atoms with Gasteiger partial charge in [-0.05, 0) is 66.2 Å². The van der Waals surface area contributed by atoms with Crippen molar-refractivity contribution < 1.29 is 31.1 Å². The largest absolute Gasteiger partial charge is 0.497 e. The van der Waals surface area contributed by atoms with Gasteiger partial charge >= 0.3 is 6.18 Å². The first-order chi connectivity index (χ1) is 15.6. The number of nitrogens with one attached hydrogen (secondary N) is 2. The van der Waals surface area contributed by atoms with E-state index >= 15 is 0 Å². The van der Waals surface area contributed by atoms with E-state index in [9.17, 15) is 26.4 Å². The van der Waals surface area contributed by atoms with Crippen LogP contribution in [0.3, 0.4) is 0 Å². The average molecular weight is 477 g/mol. The Balaban J connectivity index is 1.72. The summed E-state index contributed by atoms with van der Waals surface area (Å²) in [6, 6.07) is 15.7. The minimum Gasteiger partial charge on any atom is -0.497 e. The van der Waals surface area contributed by atoms with Gasteiger partial charge in [0.2, 0.25) is 0 Å². The molecule has 7 nitrogen and oxygen atoms in total. The molecule has 0 aliphatic rings. The SMILES string of the molecule is COc1ccc(/C=N/NC(=O)c2cccc(S(=O)(=O)Nc3cccc(C(F)(F)F)c3)c2)cc1. The Morgan fingerprint density at radius 2 is 1.70 bits per heavy atom. The quantitative estimate of drug-likeness (QED) is 0.392. The molecule has 0 unspecified atom stereocenters. The zero-order valence-corrected chi connectivity index (χ0v) is 17.9. The number of nitrogens with zero attached hydrogens (tertiary/aromatic N) is 1. The molecule has 11 heteroatoms. The maximum atomic E-state index is 12.9. The fraction of sp³-hybridized carbons (Fsp3) is 0.0909. The monoisotopic (exact) mass is 477 g/mol. The lowest BCUT2D eigenvalue weighted by molar-refractivity contribution is -0.137. The van der Waals surface area contributed by atoms with Gasteiger partial charge in [-0.3, -0.25) is 9.52 Å². The van der Waals surface area contributed by atoms with Crippen molar-refractivity contribution >= 4 is 27.8 Å². The maximum Gasteiger partial charge on any atom is 0.416 e. The molecular weight excluding hydrogens is 459 g/mol. The van der Waals surface area contributed by atoms with Crippen LogP contribution in [0, 0.1) is 0 Å². The van der Waals surface area contributed by atoms with Crippen molar-refractivity contribution in [3.8, 4) is 5.75 Å². The van der Waals surface area contributed by atoms with Gasteiger partial charge in [-0.25, -0.2) is 13.8 Å². The molecular formula is C22H18F3N3O4S. The summed E-state index contributed by atoms with van der Waals surface area (Å²) in [5.74, 6) is -0.0103. The van der Waals surface area contributed by atoms with Crippen LogP contribution in [0.5, 0.6) is 5.75 Å². The minimum atomic E-state index is -4.62. The van der Waals surface area contributed by atoms with E-state index in [1.807, 2.05) is 0 Å². The van der Waals surface area contributed by atoms with Gasteiger partial charge in [0, 0.05) is 11.3 Å². The highest BCUT2D eigenvalue weighted by molar-refractivity contribution is 7.92. The van der Waals surface area contributed by atoms with Crippen LogP contribution in [-0.2, 0) is 16.2 Å². The van der Waals surface area contributed by atoms with Crippen molar-refractivity contribution in [3.63, 3.8) is 0 Å². The van der Waals surface area contributed by atoms with Gasteiger partial charge in [0.1, 0.15) is 5.75 Å². The number of alkyl halides is 3. The lowest BCUT2D eigenvalue weighted by atomic mass is 10.2. The number of benzene rings is 3. The normalized spacial score (nSPS) is 11.9. The molecule has 0 aliphatic carbocycles. The van der Waals surface area contributed by atoms with Crippen molar-refractivity contribution in [2.24, 2.45) is 5.10 Å². The first-order valence-electron chi connectivity index (χ1n) is 9.36. The summed E-state index contributed by atoms with van der Waals surface area (Å²) in [4.78, 5) is 12.0. The van der Waals surface area contributed by atoms with Crippen LogP contribution >= 0.6 is 0 Å². The highest BCUT2D eigenvalue weighted by Gasteiger charge is 2.30. The molecule has 0 heterocycles. The zero-order chi connectivity index (χ0) is 24.1. The first-order valence-corrected chi connectivity index (χ1v) is 10.8. The number of hydrogen-bond acceptors (Lipinski definition) is 5. The molecule has 1 amide bonds. The van der Waals surface area contributed by atoms with E-state index in [4.69, 9.17) is 4.74 Å². The second kappa shape index (κ2) is 9.74. The number of hydrazone groups is 1. The molecule has 172 valence electrons. The molecule has 0 atom stereocenters. The van der Waals surface area contributed by atoms with Crippen LogP contribution in [0.1, 0.15) is 21.5 Å². The van der Waals surface area contributed by atoms with E-state index in [0.29, 0.717) is 17.4 Å². The predicted molar refractivity (Wildman–Crippen MR) is 117 cm³/mol. The Hall–Kier alpha value is -3.86. The van der Waals surface area contributed by atoms with Crippen LogP contribution in [0.25, 0.3) is 0 Å². The van der Waals surface area contributed by atoms with Crippen molar-refractivity contribution in [3.05, 3.63) is 89.5 Å². The fourth-order valence-electron chi connectivity index (χ4n) is 2.70. The van der Waals surface area contributed by atoms with Crippen LogP contribution in [-0.4, -0.2) is 27.6 Å². The molecule has 2 N–H and O–H groups in total. The van der Waals surface area contributed by atoms with Gasteiger partial charge in [0.05, 0.1) is 23.8 Å². The number of rotatable bonds is 7. The van der Waals surface area contributed by atoms with E-state index in [2.05, 4.69) is 15.2 Å². The smallest absolute Gasteiger partial charge is 0.416 e. The van der Waals surface area contributed by atoms with E-state index < -0.39 is 27.7 Å². The predicted octanol–water partition coefficient (Wildman–Crippen LogP) is 4.28. The van der Waals surface area contributed by atoms with Crippen LogP contribution in [0.15, 0.2) is 82.8 Å². The highest BCUT2D eigenvalue weighted by atomic mass is 32.2. The number of hydrogen-bond donors (Lipinski definition) is 2. The molecule has 0 aromatic heterocycles. The second-order valence-electron chi connectivity index (χ2n) is 6.68. The Morgan fingerprint density at radius 3 is 2.36 bits per heavy atom. The highest BCUT2D eigenvalue weighted by Crippen LogP contribution is 2.31. The number of methoxy groups -OCH3 is 1. The van der Waals surface area contributed by atoms with Crippen molar-refractivity contribution in [2.45, 2.75) is 11.1 Å². The molecule has 0 bridgehead atoms. The summed E-state index contributed by atoms with van der Waals surface area (Å²) in [5.41, 5.74) is 1.72. The molecule has 0 radical (unpaired) electrons. The first kappa shape index (κ1) is 23.8. The molecule has 0 saturated carbocycles.